The molecule has 6 nitrogen and oxygen atoms in total. The van der Waals surface area contributed by atoms with Gasteiger partial charge in [-0.15, -0.1) is 11.3 Å². The predicted molar refractivity (Wildman–Crippen MR) is 77.9 cm³/mol. The van der Waals surface area contributed by atoms with Gasteiger partial charge in [0, 0.05) is 17.0 Å². The lowest BCUT2D eigenvalue weighted by Crippen LogP contribution is -2.23. The van der Waals surface area contributed by atoms with E-state index in [-0.39, 0.29) is 18.0 Å². The van der Waals surface area contributed by atoms with E-state index in [0.29, 0.717) is 20.1 Å². The fraction of sp³-hybridized carbons (Fsp3) is 0.364. The first kappa shape index (κ1) is 15.6. The van der Waals surface area contributed by atoms with E-state index in [1.807, 2.05) is 0 Å². The molecule has 0 aliphatic rings. The van der Waals surface area contributed by atoms with Gasteiger partial charge in [-0.3, -0.25) is 0 Å². The third kappa shape index (κ3) is 3.12. The highest BCUT2D eigenvalue weighted by atomic mass is 79.9. The average molecular weight is 381 g/mol. The van der Waals surface area contributed by atoms with Crippen LogP contribution in [0.1, 0.15) is 21.9 Å². The van der Waals surface area contributed by atoms with Crippen molar-refractivity contribution >= 4 is 37.3 Å². The number of aliphatic hydroxyl groups is 1. The topological polar surface area (TPSA) is 92.4 Å². The Hall–Kier alpha value is -0.740. The third-order valence-corrected chi connectivity index (χ3v) is 6.41. The van der Waals surface area contributed by atoms with Gasteiger partial charge in [0.2, 0.25) is 10.0 Å². The van der Waals surface area contributed by atoms with Crippen LogP contribution in [0.2, 0.25) is 0 Å². The van der Waals surface area contributed by atoms with Crippen molar-refractivity contribution < 1.29 is 18.0 Å². The molecule has 0 aliphatic carbocycles. The number of aliphatic hydroxyl groups excluding tert-OH is 1. The van der Waals surface area contributed by atoms with E-state index in [1.165, 1.54) is 17.4 Å². The number of halogens is 1. The number of aromatic nitrogens is 1. The molecule has 0 atom stereocenters. The quantitative estimate of drug-likeness (QED) is 0.828. The molecule has 2 N–H and O–H groups in total. The second kappa shape index (κ2) is 5.94. The maximum absolute atomic E-state index is 12.2. The summed E-state index contributed by atoms with van der Waals surface area (Å²) in [4.78, 5) is 0.702. The van der Waals surface area contributed by atoms with E-state index in [4.69, 9.17) is 9.63 Å². The largest absolute Gasteiger partial charge is 0.391 e. The minimum atomic E-state index is -3.66. The molecular formula is C11H13BrN2O4S2. The number of aryl methyl sites for hydroxylation is 2. The lowest BCUT2D eigenvalue weighted by molar-refractivity contribution is 0.285. The van der Waals surface area contributed by atoms with E-state index in [2.05, 4.69) is 25.8 Å². The van der Waals surface area contributed by atoms with Gasteiger partial charge in [-0.2, -0.15) is 0 Å². The summed E-state index contributed by atoms with van der Waals surface area (Å²) in [5, 5.41) is 12.8. The van der Waals surface area contributed by atoms with Gasteiger partial charge in [-0.05, 0) is 35.8 Å². The monoisotopic (exact) mass is 380 g/mol. The summed E-state index contributed by atoms with van der Waals surface area (Å²) in [6.07, 6.45) is 0. The van der Waals surface area contributed by atoms with Crippen molar-refractivity contribution in [3.63, 3.8) is 0 Å². The molecule has 0 aliphatic heterocycles. The second-order valence-corrected chi connectivity index (χ2v) is 8.33. The van der Waals surface area contributed by atoms with Gasteiger partial charge >= 0.3 is 0 Å². The third-order valence-electron chi connectivity index (χ3n) is 2.77. The number of nitrogens with zero attached hydrogens (tertiary/aromatic N) is 1. The van der Waals surface area contributed by atoms with Crippen LogP contribution in [-0.2, 0) is 23.2 Å². The molecule has 2 heterocycles. The molecule has 20 heavy (non-hydrogen) atoms. The summed E-state index contributed by atoms with van der Waals surface area (Å²) < 4.78 is 32.4. The smallest absolute Gasteiger partial charge is 0.242 e. The number of hydrogen-bond donors (Lipinski definition) is 2. The Kier molecular flexibility index (Phi) is 4.65. The van der Waals surface area contributed by atoms with Crippen molar-refractivity contribution in [2.24, 2.45) is 0 Å². The van der Waals surface area contributed by atoms with Crippen molar-refractivity contribution in [2.75, 3.05) is 0 Å². The molecule has 0 amide bonds. The summed E-state index contributed by atoms with van der Waals surface area (Å²) in [5.74, 6) is 0.589. The molecule has 2 aromatic rings. The lowest BCUT2D eigenvalue weighted by atomic mass is 10.2. The van der Waals surface area contributed by atoms with Crippen LogP contribution in [0.15, 0.2) is 19.3 Å². The molecule has 0 bridgehead atoms. The highest BCUT2D eigenvalue weighted by molar-refractivity contribution is 9.11. The van der Waals surface area contributed by atoms with Crippen molar-refractivity contribution in [3.8, 4) is 0 Å². The van der Waals surface area contributed by atoms with Crippen LogP contribution < -0.4 is 4.72 Å². The maximum Gasteiger partial charge on any atom is 0.242 e. The Balaban J connectivity index is 2.21. The summed E-state index contributed by atoms with van der Waals surface area (Å²) in [5.41, 5.74) is 1.38. The first-order valence-corrected chi connectivity index (χ1v) is 8.75. The van der Waals surface area contributed by atoms with Gasteiger partial charge in [0.05, 0.1) is 16.1 Å². The molecule has 2 rings (SSSR count). The SMILES string of the molecule is Cc1noc(C)c1CNS(=O)(=O)c1cc(CO)sc1Br. The van der Waals surface area contributed by atoms with Crippen molar-refractivity contribution in [1.29, 1.82) is 0 Å². The molecule has 0 aromatic carbocycles. The minimum Gasteiger partial charge on any atom is -0.391 e. The zero-order valence-electron chi connectivity index (χ0n) is 10.8. The normalized spacial score (nSPS) is 12.0. The first-order valence-electron chi connectivity index (χ1n) is 5.65. The Labute approximate surface area is 129 Å². The Morgan fingerprint density at radius 1 is 1.50 bits per heavy atom. The molecular weight excluding hydrogens is 368 g/mol. The zero-order valence-corrected chi connectivity index (χ0v) is 14.0. The number of sulfonamides is 1. The number of hydrogen-bond acceptors (Lipinski definition) is 6. The zero-order chi connectivity index (χ0) is 14.9. The highest BCUT2D eigenvalue weighted by Gasteiger charge is 2.21. The molecule has 110 valence electrons. The van der Waals surface area contributed by atoms with Gasteiger partial charge < -0.3 is 9.63 Å². The molecule has 2 aromatic heterocycles. The second-order valence-electron chi connectivity index (χ2n) is 4.14. The number of thiophene rings is 1. The summed E-state index contributed by atoms with van der Waals surface area (Å²) in [6.45, 7) is 3.40. The van der Waals surface area contributed by atoms with Crippen LogP contribution in [0.4, 0.5) is 0 Å². The van der Waals surface area contributed by atoms with Crippen molar-refractivity contribution in [1.82, 2.24) is 9.88 Å². The van der Waals surface area contributed by atoms with E-state index in [1.54, 1.807) is 13.8 Å². The summed E-state index contributed by atoms with van der Waals surface area (Å²) in [7, 11) is -3.66. The average Bonchev–Trinajstić information content (AvgIpc) is 2.92. The predicted octanol–water partition coefficient (Wildman–Crippen LogP) is 2.09. The molecule has 9 heteroatoms. The maximum atomic E-state index is 12.2. The van der Waals surface area contributed by atoms with Gasteiger partial charge in [0.1, 0.15) is 10.7 Å². The van der Waals surface area contributed by atoms with Gasteiger partial charge in [-0.1, -0.05) is 5.16 Å². The fourth-order valence-corrected chi connectivity index (χ4v) is 5.19. The standard InChI is InChI=1S/C11H13BrN2O4S2/c1-6-9(7(2)18-14-6)4-13-20(16,17)10-3-8(5-15)19-11(10)12/h3,13,15H,4-5H2,1-2H3. The number of rotatable bonds is 5. The fourth-order valence-electron chi connectivity index (χ4n) is 1.66. The molecule has 0 saturated heterocycles. The molecule has 0 radical (unpaired) electrons. The Bertz CT molecular complexity index is 701. The van der Waals surface area contributed by atoms with Crippen LogP contribution in [0.25, 0.3) is 0 Å². The van der Waals surface area contributed by atoms with Gasteiger partial charge in [-0.25, -0.2) is 13.1 Å². The van der Waals surface area contributed by atoms with E-state index < -0.39 is 10.0 Å². The molecule has 0 spiro atoms. The van der Waals surface area contributed by atoms with Crippen molar-refractivity contribution in [3.05, 3.63) is 31.7 Å². The molecule has 0 unspecified atom stereocenters. The van der Waals surface area contributed by atoms with E-state index in [9.17, 15) is 8.42 Å². The van der Waals surface area contributed by atoms with Crippen LogP contribution in [0.3, 0.4) is 0 Å². The lowest BCUT2D eigenvalue weighted by Gasteiger charge is -2.05. The first-order chi connectivity index (χ1) is 9.35. The van der Waals surface area contributed by atoms with Crippen molar-refractivity contribution in [2.45, 2.75) is 31.9 Å². The Morgan fingerprint density at radius 3 is 2.70 bits per heavy atom. The Morgan fingerprint density at radius 2 is 2.20 bits per heavy atom. The van der Waals surface area contributed by atoms with E-state index in [0.717, 1.165) is 5.56 Å². The van der Waals surface area contributed by atoms with E-state index >= 15 is 0 Å². The van der Waals surface area contributed by atoms with Crippen LogP contribution in [-0.4, -0.2) is 18.7 Å². The molecule has 0 saturated carbocycles. The summed E-state index contributed by atoms with van der Waals surface area (Å²) in [6, 6.07) is 1.45. The van der Waals surface area contributed by atoms with Crippen LogP contribution in [0.5, 0.6) is 0 Å². The summed E-state index contributed by atoms with van der Waals surface area (Å²) >= 11 is 4.39. The molecule has 0 fully saturated rings. The highest BCUT2D eigenvalue weighted by Crippen LogP contribution is 2.31. The minimum absolute atomic E-state index is 0.111. The van der Waals surface area contributed by atoms with Gasteiger partial charge in [0.15, 0.2) is 0 Å². The van der Waals surface area contributed by atoms with Crippen LogP contribution >= 0.6 is 27.3 Å². The van der Waals surface area contributed by atoms with Crippen LogP contribution in [0, 0.1) is 13.8 Å². The number of nitrogens with one attached hydrogen (secondary N) is 1. The van der Waals surface area contributed by atoms with Gasteiger partial charge in [0.25, 0.3) is 0 Å².